The number of nitrogens with zero attached hydrogens (tertiary/aromatic N) is 1. The van der Waals surface area contributed by atoms with E-state index < -0.39 is 0 Å². The van der Waals surface area contributed by atoms with Crippen molar-refractivity contribution in [2.45, 2.75) is 12.5 Å². The molecule has 98 valence electrons. The molecule has 0 saturated carbocycles. The van der Waals surface area contributed by atoms with E-state index in [1.54, 1.807) is 19.1 Å². The zero-order valence-corrected chi connectivity index (χ0v) is 10.9. The normalized spacial score (nSPS) is 18.7. The Labute approximate surface area is 107 Å². The van der Waals surface area contributed by atoms with Crippen LogP contribution in [0.25, 0.3) is 0 Å². The second-order valence-corrected chi connectivity index (χ2v) is 4.34. The number of likely N-dealkylation sites (N-methyl/N-ethyl adjacent to an activating group) is 1. The fourth-order valence-corrected chi connectivity index (χ4v) is 2.12. The number of carbonyl (C=O) groups excluding carboxylic acids is 1. The molecule has 1 aliphatic rings. The Morgan fingerprint density at radius 1 is 1.33 bits per heavy atom. The van der Waals surface area contributed by atoms with Gasteiger partial charge in [0, 0.05) is 13.6 Å². The van der Waals surface area contributed by atoms with Crippen LogP contribution in [-0.2, 0) is 6.42 Å². The van der Waals surface area contributed by atoms with Gasteiger partial charge in [0.05, 0.1) is 20.3 Å². The van der Waals surface area contributed by atoms with Gasteiger partial charge in [-0.15, -0.1) is 0 Å². The number of methoxy groups -OCH3 is 2. The molecular formula is C13H18N2O3. The van der Waals surface area contributed by atoms with Gasteiger partial charge in [0.2, 0.25) is 0 Å². The monoisotopic (exact) mass is 250 g/mol. The zero-order valence-electron chi connectivity index (χ0n) is 10.9. The number of amides is 2. The first-order chi connectivity index (χ1) is 8.65. The summed E-state index contributed by atoms with van der Waals surface area (Å²) in [6.07, 6.45) is 0.801. The van der Waals surface area contributed by atoms with Gasteiger partial charge in [-0.3, -0.25) is 0 Å². The minimum atomic E-state index is -0.0134. The Bertz CT molecular complexity index is 448. The molecule has 5 heteroatoms. The van der Waals surface area contributed by atoms with Crippen molar-refractivity contribution in [3.05, 3.63) is 23.8 Å². The fourth-order valence-electron chi connectivity index (χ4n) is 2.12. The van der Waals surface area contributed by atoms with Crippen LogP contribution in [0.5, 0.6) is 11.5 Å². The molecule has 1 aromatic rings. The van der Waals surface area contributed by atoms with Crippen molar-refractivity contribution in [2.75, 3.05) is 27.8 Å². The molecule has 0 bridgehead atoms. The quantitative estimate of drug-likeness (QED) is 0.875. The predicted octanol–water partition coefficient (Wildman–Crippen LogP) is 1.27. The summed E-state index contributed by atoms with van der Waals surface area (Å²) < 4.78 is 10.5. The molecule has 0 spiro atoms. The highest BCUT2D eigenvalue weighted by atomic mass is 16.5. The smallest absolute Gasteiger partial charge is 0.317 e. The third-order valence-corrected chi connectivity index (χ3v) is 3.28. The van der Waals surface area contributed by atoms with Crippen LogP contribution in [0.1, 0.15) is 5.56 Å². The van der Waals surface area contributed by atoms with Crippen LogP contribution in [0, 0.1) is 0 Å². The van der Waals surface area contributed by atoms with E-state index in [-0.39, 0.29) is 12.1 Å². The molecule has 0 radical (unpaired) electrons. The minimum Gasteiger partial charge on any atom is -0.493 e. The lowest BCUT2D eigenvalue weighted by Crippen LogP contribution is -2.31. The predicted molar refractivity (Wildman–Crippen MR) is 68.2 cm³/mol. The molecule has 2 amide bonds. The summed E-state index contributed by atoms with van der Waals surface area (Å²) in [4.78, 5) is 13.1. The number of ether oxygens (including phenoxy) is 2. The van der Waals surface area contributed by atoms with Crippen LogP contribution in [0.15, 0.2) is 18.2 Å². The minimum absolute atomic E-state index is 0.0134. The van der Waals surface area contributed by atoms with Gasteiger partial charge in [0.1, 0.15) is 0 Å². The molecule has 1 N–H and O–H groups in total. The molecule has 1 heterocycles. The molecule has 1 atom stereocenters. The highest BCUT2D eigenvalue weighted by molar-refractivity contribution is 5.76. The second kappa shape index (κ2) is 5.16. The summed E-state index contributed by atoms with van der Waals surface area (Å²) >= 11 is 0. The Kier molecular flexibility index (Phi) is 3.60. The standard InChI is InChI=1S/C13H18N2O3/c1-15-10(8-14-13(15)16)6-9-4-5-11(17-2)12(7-9)18-3/h4-5,7,10H,6,8H2,1-3H3,(H,14,16). The summed E-state index contributed by atoms with van der Waals surface area (Å²) in [5.41, 5.74) is 1.13. The van der Waals surface area contributed by atoms with Gasteiger partial charge < -0.3 is 19.7 Å². The number of rotatable bonds is 4. The molecule has 1 aliphatic heterocycles. The van der Waals surface area contributed by atoms with Crippen LogP contribution in [0.2, 0.25) is 0 Å². The van der Waals surface area contributed by atoms with Crippen molar-refractivity contribution < 1.29 is 14.3 Å². The molecule has 1 fully saturated rings. The van der Waals surface area contributed by atoms with Crippen molar-refractivity contribution >= 4 is 6.03 Å². The van der Waals surface area contributed by atoms with Crippen LogP contribution >= 0.6 is 0 Å². The Hall–Kier alpha value is -1.91. The van der Waals surface area contributed by atoms with E-state index in [9.17, 15) is 4.79 Å². The molecule has 2 rings (SSSR count). The van der Waals surface area contributed by atoms with Gasteiger partial charge in [-0.1, -0.05) is 6.07 Å². The Morgan fingerprint density at radius 2 is 2.06 bits per heavy atom. The molecular weight excluding hydrogens is 232 g/mol. The first-order valence-corrected chi connectivity index (χ1v) is 5.87. The molecule has 5 nitrogen and oxygen atoms in total. The average molecular weight is 250 g/mol. The second-order valence-electron chi connectivity index (χ2n) is 4.34. The lowest BCUT2D eigenvalue weighted by Gasteiger charge is -2.18. The first kappa shape index (κ1) is 12.5. The van der Waals surface area contributed by atoms with Gasteiger partial charge in [-0.25, -0.2) is 4.79 Å². The number of urea groups is 1. The third-order valence-electron chi connectivity index (χ3n) is 3.28. The lowest BCUT2D eigenvalue weighted by atomic mass is 10.1. The first-order valence-electron chi connectivity index (χ1n) is 5.87. The summed E-state index contributed by atoms with van der Waals surface area (Å²) in [5.74, 6) is 1.44. The number of benzene rings is 1. The van der Waals surface area contributed by atoms with E-state index >= 15 is 0 Å². The van der Waals surface area contributed by atoms with Crippen LogP contribution in [-0.4, -0.2) is 44.8 Å². The van der Waals surface area contributed by atoms with E-state index in [0.717, 1.165) is 23.5 Å². The highest BCUT2D eigenvalue weighted by Gasteiger charge is 2.27. The molecule has 18 heavy (non-hydrogen) atoms. The number of hydrogen-bond donors (Lipinski definition) is 1. The molecule has 1 unspecified atom stereocenters. The summed E-state index contributed by atoms with van der Waals surface area (Å²) in [5, 5.41) is 2.82. The maximum atomic E-state index is 11.4. The maximum Gasteiger partial charge on any atom is 0.317 e. The molecule has 1 aromatic carbocycles. The van der Waals surface area contributed by atoms with E-state index in [1.807, 2.05) is 25.2 Å². The number of hydrogen-bond acceptors (Lipinski definition) is 3. The molecule has 0 aliphatic carbocycles. The number of nitrogens with one attached hydrogen (secondary N) is 1. The third kappa shape index (κ3) is 2.34. The summed E-state index contributed by atoms with van der Waals surface area (Å²) in [7, 11) is 5.05. The summed E-state index contributed by atoms with van der Waals surface area (Å²) in [6.45, 7) is 0.684. The van der Waals surface area contributed by atoms with Crippen molar-refractivity contribution in [3.63, 3.8) is 0 Å². The molecule has 1 saturated heterocycles. The van der Waals surface area contributed by atoms with Gasteiger partial charge in [0.15, 0.2) is 11.5 Å². The largest absolute Gasteiger partial charge is 0.493 e. The van der Waals surface area contributed by atoms with Crippen molar-refractivity contribution in [1.29, 1.82) is 0 Å². The number of carbonyl (C=O) groups is 1. The Morgan fingerprint density at radius 3 is 2.61 bits per heavy atom. The SMILES string of the molecule is COc1ccc(CC2CNC(=O)N2C)cc1OC. The van der Waals surface area contributed by atoms with Crippen LogP contribution in [0.3, 0.4) is 0 Å². The van der Waals surface area contributed by atoms with Crippen molar-refractivity contribution in [1.82, 2.24) is 10.2 Å². The Balaban J connectivity index is 2.12. The van der Waals surface area contributed by atoms with Gasteiger partial charge in [-0.2, -0.15) is 0 Å². The average Bonchev–Trinajstić information content (AvgIpc) is 2.70. The van der Waals surface area contributed by atoms with E-state index in [4.69, 9.17) is 9.47 Å². The van der Waals surface area contributed by atoms with E-state index in [0.29, 0.717) is 6.54 Å². The molecule has 0 aromatic heterocycles. The lowest BCUT2D eigenvalue weighted by molar-refractivity contribution is 0.216. The highest BCUT2D eigenvalue weighted by Crippen LogP contribution is 2.28. The topological polar surface area (TPSA) is 50.8 Å². The fraction of sp³-hybridized carbons (Fsp3) is 0.462. The van der Waals surface area contributed by atoms with E-state index in [1.165, 1.54) is 0 Å². The van der Waals surface area contributed by atoms with Crippen molar-refractivity contribution in [3.8, 4) is 11.5 Å². The van der Waals surface area contributed by atoms with Gasteiger partial charge in [-0.05, 0) is 24.1 Å². The maximum absolute atomic E-state index is 11.4. The van der Waals surface area contributed by atoms with Gasteiger partial charge >= 0.3 is 6.03 Å². The summed E-state index contributed by atoms with van der Waals surface area (Å²) in [6, 6.07) is 6.02. The van der Waals surface area contributed by atoms with Crippen LogP contribution < -0.4 is 14.8 Å². The van der Waals surface area contributed by atoms with Gasteiger partial charge in [0.25, 0.3) is 0 Å². The van der Waals surface area contributed by atoms with Crippen LogP contribution in [0.4, 0.5) is 4.79 Å². The zero-order chi connectivity index (χ0) is 13.1. The van der Waals surface area contributed by atoms with Crippen molar-refractivity contribution in [2.24, 2.45) is 0 Å². The van der Waals surface area contributed by atoms with E-state index in [2.05, 4.69) is 5.32 Å².